The van der Waals surface area contributed by atoms with E-state index in [0.29, 0.717) is 27.0 Å². The van der Waals surface area contributed by atoms with Crippen LogP contribution in [0.5, 0.6) is 5.75 Å². The molecule has 3 aromatic carbocycles. The Morgan fingerprint density at radius 1 is 0.897 bits per heavy atom. The fraction of sp³-hybridized carbons (Fsp3) is 0.172. The van der Waals surface area contributed by atoms with Crippen LogP contribution < -0.4 is 19.8 Å². The maximum atomic E-state index is 13.9. The average molecular weight is 558 g/mol. The Morgan fingerprint density at radius 3 is 2.28 bits per heavy atom. The van der Waals surface area contributed by atoms with Crippen molar-refractivity contribution in [1.82, 2.24) is 4.57 Å². The number of thioether (sulfide) groups is 1. The lowest BCUT2D eigenvalue weighted by Gasteiger charge is -2.31. The van der Waals surface area contributed by atoms with E-state index in [1.807, 2.05) is 42.5 Å². The van der Waals surface area contributed by atoms with Gasteiger partial charge in [-0.1, -0.05) is 77.7 Å². The number of carbonyl (C=O) groups is 3. The second-order valence-corrected chi connectivity index (χ2v) is 11.3. The number of ether oxygens (including phenoxy) is 1. The molecule has 39 heavy (non-hydrogen) atoms. The number of fused-ring (bicyclic) bond motifs is 2. The zero-order chi connectivity index (χ0) is 27.1. The highest BCUT2D eigenvalue weighted by molar-refractivity contribution is 8.00. The minimum atomic E-state index is -0.766. The molecule has 4 aromatic rings. The zero-order valence-corrected chi connectivity index (χ0v) is 22.4. The molecule has 0 aliphatic carbocycles. The number of nitrogens with one attached hydrogen (secondary N) is 1. The summed E-state index contributed by atoms with van der Waals surface area (Å²) in [4.78, 5) is 55.5. The molecule has 0 radical (unpaired) electrons. The van der Waals surface area contributed by atoms with Crippen molar-refractivity contribution >= 4 is 52.2 Å². The van der Waals surface area contributed by atoms with Gasteiger partial charge in [-0.05, 0) is 30.3 Å². The molecule has 1 aromatic heterocycles. The molecule has 1 fully saturated rings. The monoisotopic (exact) mass is 557 g/mol. The number of hydrogen-bond acceptors (Lipinski definition) is 7. The molecule has 3 atom stereocenters. The van der Waals surface area contributed by atoms with Crippen molar-refractivity contribution in [3.05, 3.63) is 105 Å². The molecule has 10 heteroatoms. The van der Waals surface area contributed by atoms with Gasteiger partial charge in [-0.15, -0.1) is 0 Å². The number of amides is 3. The number of nitrogens with zero attached hydrogens (tertiary/aromatic N) is 2. The van der Waals surface area contributed by atoms with Crippen LogP contribution in [0.15, 0.2) is 94.7 Å². The van der Waals surface area contributed by atoms with E-state index in [1.165, 1.54) is 21.2 Å². The first-order valence-electron chi connectivity index (χ1n) is 12.3. The van der Waals surface area contributed by atoms with Gasteiger partial charge >= 0.3 is 4.87 Å². The third-order valence-electron chi connectivity index (χ3n) is 6.90. The molecule has 1 N–H and O–H groups in total. The van der Waals surface area contributed by atoms with E-state index in [-0.39, 0.29) is 29.1 Å². The lowest BCUT2D eigenvalue weighted by atomic mass is 9.82. The minimum Gasteiger partial charge on any atom is -0.496 e. The van der Waals surface area contributed by atoms with E-state index in [9.17, 15) is 19.2 Å². The Balaban J connectivity index is 1.45. The van der Waals surface area contributed by atoms with Gasteiger partial charge < -0.3 is 10.1 Å². The second-order valence-electron chi connectivity index (χ2n) is 9.17. The maximum absolute atomic E-state index is 13.9. The van der Waals surface area contributed by atoms with E-state index in [2.05, 4.69) is 5.32 Å². The molecule has 1 saturated heterocycles. The number of rotatable bonds is 6. The van der Waals surface area contributed by atoms with Crippen molar-refractivity contribution in [3.8, 4) is 5.75 Å². The summed E-state index contributed by atoms with van der Waals surface area (Å²) in [7, 11) is 1.55. The maximum Gasteiger partial charge on any atom is 0.308 e. The first-order chi connectivity index (χ1) is 19.0. The summed E-state index contributed by atoms with van der Waals surface area (Å²) in [6.45, 7) is -0.215. The number of thiazole rings is 1. The lowest BCUT2D eigenvalue weighted by Crippen LogP contribution is -2.33. The normalized spacial score (nSPS) is 19.9. The molecule has 0 bridgehead atoms. The Morgan fingerprint density at radius 2 is 1.56 bits per heavy atom. The van der Waals surface area contributed by atoms with Crippen molar-refractivity contribution in [2.24, 2.45) is 5.92 Å². The Hall–Kier alpha value is -4.15. The van der Waals surface area contributed by atoms with Gasteiger partial charge in [0.05, 0.1) is 23.7 Å². The average Bonchev–Trinajstić information content (AvgIpc) is 3.40. The van der Waals surface area contributed by atoms with Gasteiger partial charge in [0, 0.05) is 22.0 Å². The molecule has 3 amide bonds. The lowest BCUT2D eigenvalue weighted by molar-refractivity contribution is -0.122. The molecular weight excluding hydrogens is 534 g/mol. The zero-order valence-electron chi connectivity index (χ0n) is 20.8. The summed E-state index contributed by atoms with van der Waals surface area (Å²) in [5.41, 5.74) is 1.84. The summed E-state index contributed by atoms with van der Waals surface area (Å²) in [5.74, 6) is -1.79. The van der Waals surface area contributed by atoms with Crippen LogP contribution in [-0.4, -0.2) is 34.6 Å². The predicted octanol–water partition coefficient (Wildman–Crippen LogP) is 4.35. The first kappa shape index (κ1) is 25.1. The van der Waals surface area contributed by atoms with Crippen molar-refractivity contribution < 1.29 is 19.1 Å². The smallest absolute Gasteiger partial charge is 0.308 e. The summed E-state index contributed by atoms with van der Waals surface area (Å²) in [6.07, 6.45) is 0. The van der Waals surface area contributed by atoms with Gasteiger partial charge in [0.25, 0.3) is 0 Å². The summed E-state index contributed by atoms with van der Waals surface area (Å²) in [5, 5.41) is 2.58. The number of anilines is 2. The van der Waals surface area contributed by atoms with Crippen LogP contribution in [0.2, 0.25) is 0 Å². The molecule has 2 aliphatic rings. The summed E-state index contributed by atoms with van der Waals surface area (Å²) < 4.78 is 7.05. The van der Waals surface area contributed by atoms with Crippen molar-refractivity contribution in [2.45, 2.75) is 22.7 Å². The standard InChI is InChI=1S/C29H23N3O5S2/c1-37-20-15-9-8-14-19(20)22-23-24(27(35)32(26(23)34)18-12-6-3-7-13-18)38-28-25(22)39-29(36)31(28)16-21(33)30-17-10-4-2-5-11-17/h2-15,22-24H,16H2,1H3,(H,30,33)/t22-,23-,24+/m0/s1. The van der Waals surface area contributed by atoms with Gasteiger partial charge in [0.15, 0.2) is 0 Å². The Labute approximate surface area is 232 Å². The van der Waals surface area contributed by atoms with Crippen LogP contribution in [0.3, 0.4) is 0 Å². The van der Waals surface area contributed by atoms with E-state index in [1.54, 1.807) is 49.6 Å². The van der Waals surface area contributed by atoms with E-state index in [0.717, 1.165) is 16.9 Å². The fourth-order valence-corrected chi connectivity index (χ4v) is 7.98. The van der Waals surface area contributed by atoms with Crippen LogP contribution in [-0.2, 0) is 20.9 Å². The molecule has 2 aliphatic heterocycles. The number of carbonyl (C=O) groups excluding carboxylic acids is 3. The molecule has 0 saturated carbocycles. The third kappa shape index (κ3) is 4.35. The van der Waals surface area contributed by atoms with Crippen LogP contribution in [0.25, 0.3) is 0 Å². The van der Waals surface area contributed by atoms with E-state index in [4.69, 9.17) is 4.74 Å². The van der Waals surface area contributed by atoms with E-state index < -0.39 is 17.1 Å². The highest BCUT2D eigenvalue weighted by Gasteiger charge is 2.57. The van der Waals surface area contributed by atoms with Crippen molar-refractivity contribution in [3.63, 3.8) is 0 Å². The topological polar surface area (TPSA) is 97.7 Å². The number of benzene rings is 3. The number of hydrogen-bond donors (Lipinski definition) is 1. The molecule has 8 nitrogen and oxygen atoms in total. The van der Waals surface area contributed by atoms with Crippen LogP contribution in [0.4, 0.5) is 11.4 Å². The second kappa shape index (κ2) is 10.2. The number of para-hydroxylation sites is 3. The number of methoxy groups -OCH3 is 1. The Kier molecular flexibility index (Phi) is 6.58. The molecule has 196 valence electrons. The van der Waals surface area contributed by atoms with Crippen LogP contribution in [0, 0.1) is 5.92 Å². The third-order valence-corrected chi connectivity index (χ3v) is 9.50. The highest BCUT2D eigenvalue weighted by atomic mass is 32.2. The number of imide groups is 1. The largest absolute Gasteiger partial charge is 0.496 e. The Bertz CT molecular complexity index is 1630. The number of aromatic nitrogens is 1. The van der Waals surface area contributed by atoms with Gasteiger partial charge in [-0.3, -0.25) is 23.7 Å². The van der Waals surface area contributed by atoms with E-state index >= 15 is 0 Å². The summed E-state index contributed by atoms with van der Waals surface area (Å²) >= 11 is 2.19. The van der Waals surface area contributed by atoms with Gasteiger partial charge in [-0.25, -0.2) is 4.90 Å². The van der Waals surface area contributed by atoms with Crippen LogP contribution in [0.1, 0.15) is 16.4 Å². The van der Waals surface area contributed by atoms with Gasteiger partial charge in [0.2, 0.25) is 17.7 Å². The quantitative estimate of drug-likeness (QED) is 0.354. The van der Waals surface area contributed by atoms with Crippen LogP contribution >= 0.6 is 23.1 Å². The highest BCUT2D eigenvalue weighted by Crippen LogP contribution is 2.55. The SMILES string of the molecule is COc1ccccc1[C@@H]1c2sc(=O)n(CC(=O)Nc3ccccc3)c2S[C@H]2C(=O)N(c3ccccc3)C(=O)[C@@H]12. The molecule has 6 rings (SSSR count). The summed E-state index contributed by atoms with van der Waals surface area (Å²) in [6, 6.07) is 25.2. The van der Waals surface area contributed by atoms with Crippen molar-refractivity contribution in [2.75, 3.05) is 17.3 Å². The minimum absolute atomic E-state index is 0.215. The molecule has 0 spiro atoms. The first-order valence-corrected chi connectivity index (χ1v) is 14.0. The van der Waals surface area contributed by atoms with Gasteiger partial charge in [-0.2, -0.15) is 0 Å². The predicted molar refractivity (Wildman–Crippen MR) is 151 cm³/mol. The van der Waals surface area contributed by atoms with Crippen molar-refractivity contribution in [1.29, 1.82) is 0 Å². The fourth-order valence-electron chi connectivity index (χ4n) is 5.21. The van der Waals surface area contributed by atoms with Gasteiger partial charge in [0.1, 0.15) is 17.5 Å². The molecule has 0 unspecified atom stereocenters. The molecular formula is C29H23N3O5S2. The molecule has 3 heterocycles.